The van der Waals surface area contributed by atoms with Gasteiger partial charge < -0.3 is 9.32 Å². The monoisotopic (exact) mass is 485 g/mol. The van der Waals surface area contributed by atoms with Crippen LogP contribution in [0.15, 0.2) is 64.3 Å². The molecule has 4 aromatic rings. The van der Waals surface area contributed by atoms with E-state index in [1.165, 1.54) is 30.1 Å². The van der Waals surface area contributed by atoms with Gasteiger partial charge in [-0.3, -0.25) is 9.36 Å². The number of carbonyl (C=O) groups is 1. The minimum absolute atomic E-state index is 0.132. The Hall–Kier alpha value is -3.17. The minimum atomic E-state index is -0.351. The molecule has 0 aliphatic heterocycles. The van der Waals surface area contributed by atoms with E-state index in [2.05, 4.69) is 15.2 Å². The number of hydrogen-bond acceptors (Lipinski definition) is 6. The van der Waals surface area contributed by atoms with Crippen molar-refractivity contribution in [3.8, 4) is 17.1 Å². The predicted molar refractivity (Wildman–Crippen MR) is 125 cm³/mol. The van der Waals surface area contributed by atoms with Gasteiger partial charge in [0.05, 0.1) is 23.3 Å². The molecule has 0 N–H and O–H groups in total. The Morgan fingerprint density at radius 3 is 2.64 bits per heavy atom. The predicted octanol–water partition coefficient (Wildman–Crippen LogP) is 5.49. The van der Waals surface area contributed by atoms with Crippen LogP contribution in [0.3, 0.4) is 0 Å². The first-order chi connectivity index (χ1) is 16.0. The fourth-order valence-electron chi connectivity index (χ4n) is 3.38. The van der Waals surface area contributed by atoms with E-state index in [9.17, 15) is 9.18 Å². The second-order valence-corrected chi connectivity index (χ2v) is 8.33. The average Bonchev–Trinajstić information content (AvgIpc) is 3.46. The maximum atomic E-state index is 13.5. The summed E-state index contributed by atoms with van der Waals surface area (Å²) in [6.45, 7) is 2.59. The Morgan fingerprint density at radius 1 is 1.18 bits per heavy atom. The lowest BCUT2D eigenvalue weighted by Crippen LogP contribution is -2.33. The molecule has 7 nitrogen and oxygen atoms in total. The minimum Gasteiger partial charge on any atom is -0.419 e. The number of hydrogen-bond donors (Lipinski definition) is 0. The lowest BCUT2D eigenvalue weighted by molar-refractivity contribution is 0.0720. The van der Waals surface area contributed by atoms with Crippen molar-refractivity contribution >= 4 is 29.3 Å². The van der Waals surface area contributed by atoms with E-state index in [1.807, 2.05) is 25.3 Å². The summed E-state index contributed by atoms with van der Waals surface area (Å²) in [4.78, 5) is 19.5. The molecule has 4 rings (SSSR count). The molecule has 2 aromatic heterocycles. The van der Waals surface area contributed by atoms with E-state index in [-0.39, 0.29) is 18.3 Å². The van der Waals surface area contributed by atoms with Gasteiger partial charge in [0.2, 0.25) is 11.8 Å². The molecule has 0 aliphatic rings. The number of amides is 1. The topological polar surface area (TPSA) is 77.1 Å². The Morgan fingerprint density at radius 2 is 1.94 bits per heavy atom. The molecular formula is C23H21ClFN5O2S. The Bertz CT molecular complexity index is 1260. The Labute approximate surface area is 199 Å². The SMILES string of the molecule is CCCN(Cc1nnc(-c2ccccc2Cl)o1)C(=O)c1cnc(SC)n1-c1ccc(F)cc1. The third kappa shape index (κ3) is 4.94. The number of rotatable bonds is 8. The van der Waals surface area contributed by atoms with Crippen molar-refractivity contribution in [1.82, 2.24) is 24.6 Å². The standard InChI is InChI=1S/C23H21ClFN5O2S/c1-3-12-29(14-20-27-28-21(32-20)17-6-4-5-7-18(17)24)22(31)19-13-26-23(33-2)30(19)16-10-8-15(25)9-11-16/h4-11,13H,3,12,14H2,1-2H3. The number of carbonyl (C=O) groups excluding carboxylic acids is 1. The molecular weight excluding hydrogens is 465 g/mol. The molecule has 0 saturated carbocycles. The van der Waals surface area contributed by atoms with Gasteiger partial charge >= 0.3 is 0 Å². The van der Waals surface area contributed by atoms with Crippen molar-refractivity contribution in [2.75, 3.05) is 12.8 Å². The molecule has 10 heteroatoms. The third-order valence-corrected chi connectivity index (χ3v) is 5.88. The van der Waals surface area contributed by atoms with E-state index in [4.69, 9.17) is 16.0 Å². The van der Waals surface area contributed by atoms with Gasteiger partial charge in [0.25, 0.3) is 5.91 Å². The van der Waals surface area contributed by atoms with Crippen LogP contribution in [-0.2, 0) is 6.54 Å². The normalized spacial score (nSPS) is 11.0. The van der Waals surface area contributed by atoms with Gasteiger partial charge in [-0.1, -0.05) is 42.4 Å². The van der Waals surface area contributed by atoms with Crippen molar-refractivity contribution in [3.05, 3.63) is 77.2 Å². The second-order valence-electron chi connectivity index (χ2n) is 7.15. The second kappa shape index (κ2) is 10.2. The van der Waals surface area contributed by atoms with Gasteiger partial charge in [-0.15, -0.1) is 10.2 Å². The third-order valence-electron chi connectivity index (χ3n) is 4.89. The summed E-state index contributed by atoms with van der Waals surface area (Å²) in [5, 5.41) is 9.32. The van der Waals surface area contributed by atoms with Gasteiger partial charge in [-0.2, -0.15) is 0 Å². The fourth-order valence-corrected chi connectivity index (χ4v) is 4.14. The van der Waals surface area contributed by atoms with Crippen LogP contribution in [0.4, 0.5) is 4.39 Å². The van der Waals surface area contributed by atoms with Gasteiger partial charge in [-0.05, 0) is 49.1 Å². The molecule has 0 radical (unpaired) electrons. The highest BCUT2D eigenvalue weighted by molar-refractivity contribution is 7.98. The number of benzene rings is 2. The number of nitrogens with zero attached hydrogens (tertiary/aromatic N) is 5. The molecule has 0 unspecified atom stereocenters. The summed E-state index contributed by atoms with van der Waals surface area (Å²) in [6, 6.07) is 13.1. The summed E-state index contributed by atoms with van der Waals surface area (Å²) in [5.41, 5.74) is 1.65. The molecule has 0 aliphatic carbocycles. The zero-order valence-corrected chi connectivity index (χ0v) is 19.6. The van der Waals surface area contributed by atoms with Crippen LogP contribution >= 0.6 is 23.4 Å². The van der Waals surface area contributed by atoms with E-state index >= 15 is 0 Å². The van der Waals surface area contributed by atoms with Gasteiger partial charge in [0.15, 0.2) is 5.16 Å². The quantitative estimate of drug-likeness (QED) is 0.307. The molecule has 1 amide bonds. The zero-order valence-electron chi connectivity index (χ0n) is 18.0. The zero-order chi connectivity index (χ0) is 23.4. The molecule has 0 fully saturated rings. The molecule has 170 valence electrons. The highest BCUT2D eigenvalue weighted by atomic mass is 35.5. The molecule has 2 aromatic carbocycles. The summed E-state index contributed by atoms with van der Waals surface area (Å²) in [7, 11) is 0. The first-order valence-corrected chi connectivity index (χ1v) is 11.9. The molecule has 2 heterocycles. The van der Waals surface area contributed by atoms with Crippen LogP contribution in [0.1, 0.15) is 29.7 Å². The van der Waals surface area contributed by atoms with Crippen LogP contribution in [0.25, 0.3) is 17.1 Å². The molecule has 33 heavy (non-hydrogen) atoms. The maximum absolute atomic E-state index is 13.5. The maximum Gasteiger partial charge on any atom is 0.272 e. The number of halogens is 2. The van der Waals surface area contributed by atoms with Gasteiger partial charge in [-0.25, -0.2) is 9.37 Å². The fraction of sp³-hybridized carbons (Fsp3) is 0.217. The smallest absolute Gasteiger partial charge is 0.272 e. The summed E-state index contributed by atoms with van der Waals surface area (Å²) < 4.78 is 21.0. The lowest BCUT2D eigenvalue weighted by atomic mass is 10.2. The van der Waals surface area contributed by atoms with Gasteiger partial charge in [0, 0.05) is 12.2 Å². The van der Waals surface area contributed by atoms with Crippen LogP contribution in [0, 0.1) is 5.82 Å². The van der Waals surface area contributed by atoms with E-state index in [0.717, 1.165) is 6.42 Å². The van der Waals surface area contributed by atoms with E-state index < -0.39 is 0 Å². The largest absolute Gasteiger partial charge is 0.419 e. The Balaban J connectivity index is 1.63. The summed E-state index contributed by atoms with van der Waals surface area (Å²) in [5.74, 6) is -0.00702. The van der Waals surface area contributed by atoms with E-state index in [0.29, 0.717) is 45.5 Å². The summed E-state index contributed by atoms with van der Waals surface area (Å²) >= 11 is 7.63. The van der Waals surface area contributed by atoms with Crippen LogP contribution in [0.2, 0.25) is 5.02 Å². The number of thioether (sulfide) groups is 1. The van der Waals surface area contributed by atoms with Crippen LogP contribution in [0.5, 0.6) is 0 Å². The highest BCUT2D eigenvalue weighted by Gasteiger charge is 2.24. The van der Waals surface area contributed by atoms with Crippen molar-refractivity contribution in [1.29, 1.82) is 0 Å². The number of aromatic nitrogens is 4. The van der Waals surface area contributed by atoms with Crippen molar-refractivity contribution in [2.45, 2.75) is 25.0 Å². The molecule has 0 bridgehead atoms. The molecule has 0 spiro atoms. The van der Waals surface area contributed by atoms with Gasteiger partial charge in [0.1, 0.15) is 11.5 Å². The van der Waals surface area contributed by atoms with Crippen molar-refractivity contribution in [3.63, 3.8) is 0 Å². The first-order valence-electron chi connectivity index (χ1n) is 10.3. The molecule has 0 saturated heterocycles. The van der Waals surface area contributed by atoms with Crippen LogP contribution < -0.4 is 0 Å². The van der Waals surface area contributed by atoms with Crippen LogP contribution in [-0.4, -0.2) is 43.4 Å². The average molecular weight is 486 g/mol. The number of imidazole rings is 1. The molecule has 0 atom stereocenters. The summed E-state index contributed by atoms with van der Waals surface area (Å²) in [6.07, 6.45) is 4.13. The lowest BCUT2D eigenvalue weighted by Gasteiger charge is -2.21. The van der Waals surface area contributed by atoms with Crippen molar-refractivity contribution < 1.29 is 13.6 Å². The highest BCUT2D eigenvalue weighted by Crippen LogP contribution is 2.27. The Kier molecular flexibility index (Phi) is 7.10. The van der Waals surface area contributed by atoms with Crippen molar-refractivity contribution in [2.24, 2.45) is 0 Å². The van der Waals surface area contributed by atoms with E-state index in [1.54, 1.807) is 33.7 Å². The first kappa shape index (κ1) is 23.0.